The zero-order valence-electron chi connectivity index (χ0n) is 69.1. The third-order valence-electron chi connectivity index (χ3n) is 21.8. The number of rotatable bonds is 0. The minimum Gasteiger partial charge on any atom is -0.462 e. The van der Waals surface area contributed by atoms with Crippen molar-refractivity contribution < 1.29 is 4.42 Å². The van der Waals surface area contributed by atoms with E-state index in [1.165, 1.54) is 57.9 Å². The Morgan fingerprint density at radius 2 is 0.803 bits per heavy atom. The fourth-order valence-electron chi connectivity index (χ4n) is 15.5. The van der Waals surface area contributed by atoms with E-state index in [0.29, 0.717) is 0 Å². The first-order valence-electron chi connectivity index (χ1n) is 40.4. The van der Waals surface area contributed by atoms with E-state index < -0.39 is 0 Å². The van der Waals surface area contributed by atoms with Gasteiger partial charge in [0.1, 0.15) is 16.9 Å². The Morgan fingerprint density at radius 1 is 0.339 bits per heavy atom. The molecule has 20 aromatic rings. The number of imidazole rings is 7. The summed E-state index contributed by atoms with van der Waals surface area (Å²) in [5.74, 6) is 6.50. The Hall–Kier alpha value is -14.3. The molecule has 25 rings (SSSR count). The number of hydrogen-bond acceptors (Lipinski definition) is 18. The molecule has 666 valence electrons. The zero-order valence-corrected chi connectivity index (χ0v) is 69.1. The lowest BCUT2D eigenvalue weighted by molar-refractivity contribution is 0.591. The highest BCUT2D eigenvalue weighted by Crippen LogP contribution is 2.30. The summed E-state index contributed by atoms with van der Waals surface area (Å²) in [4.78, 5) is 62.3. The minimum atomic E-state index is 0. The zero-order chi connectivity index (χ0) is 81.9. The third-order valence-corrected chi connectivity index (χ3v) is 21.8. The molecule has 1 N–H and O–H groups in total. The highest BCUT2D eigenvalue weighted by Gasteiger charge is 2.23. The first-order chi connectivity index (χ1) is 58.2. The van der Waals surface area contributed by atoms with Gasteiger partial charge in [-0.2, -0.15) is 5.10 Å². The molecule has 0 bridgehead atoms. The molecule has 26 heteroatoms. The fraction of sp³-hybridized carbons (Fsp3) is 0.307. The Morgan fingerprint density at radius 3 is 1.41 bits per heavy atom. The summed E-state index contributed by atoms with van der Waals surface area (Å²) in [5, 5.41) is 6.35. The third kappa shape index (κ3) is 21.6. The molecule has 0 radical (unpaired) electrons. The van der Waals surface area contributed by atoms with Gasteiger partial charge in [-0.05, 0) is 166 Å². The number of furan rings is 1. The molecule has 26 nitrogen and oxygen atoms in total. The molecule has 0 amide bonds. The Labute approximate surface area is 749 Å². The summed E-state index contributed by atoms with van der Waals surface area (Å²) in [6, 6.07) is 65.3. The van der Waals surface area contributed by atoms with E-state index in [0.717, 1.165) is 184 Å². The maximum Gasteiger partial charge on any atom is 0.214 e. The summed E-state index contributed by atoms with van der Waals surface area (Å²) in [5.41, 5.74) is 22.3. The number of anilines is 5. The van der Waals surface area contributed by atoms with Gasteiger partial charge in [0.15, 0.2) is 16.9 Å². The number of para-hydroxylation sites is 10. The van der Waals surface area contributed by atoms with Gasteiger partial charge in [0, 0.05) is 168 Å². The van der Waals surface area contributed by atoms with Crippen LogP contribution < -0.4 is 24.5 Å². The van der Waals surface area contributed by atoms with Gasteiger partial charge < -0.3 is 52.2 Å². The number of benzene rings is 6. The van der Waals surface area contributed by atoms with Crippen molar-refractivity contribution in [3.8, 4) is 0 Å². The first-order valence-corrected chi connectivity index (χ1v) is 40.4. The number of H-pyrrole nitrogens is 1. The number of aryl methyl sites for hydroxylation is 7. The van der Waals surface area contributed by atoms with Gasteiger partial charge >= 0.3 is 0 Å². The summed E-state index contributed by atoms with van der Waals surface area (Å²) >= 11 is 0. The van der Waals surface area contributed by atoms with Crippen molar-refractivity contribution in [3.63, 3.8) is 0 Å². The summed E-state index contributed by atoms with van der Waals surface area (Å²) in [6.45, 7) is 15.8. The topological polar surface area (TPSA) is 234 Å². The molecule has 127 heavy (non-hydrogen) atoms. The number of hydrogen-bond donors (Lipinski definition) is 1. The van der Waals surface area contributed by atoms with E-state index in [9.17, 15) is 0 Å². The van der Waals surface area contributed by atoms with Crippen LogP contribution in [0.15, 0.2) is 261 Å². The van der Waals surface area contributed by atoms with Gasteiger partial charge in [0.05, 0.1) is 79.5 Å². The van der Waals surface area contributed by atoms with Gasteiger partial charge in [-0.15, -0.1) is 0 Å². The number of fused-ring (bicyclic) bond motifs is 20. The molecule has 0 atom stereocenters. The lowest BCUT2D eigenvalue weighted by atomic mass is 10.1. The standard InChI is InChI=1S/C12H15N3.C11H13N3.C10H11N3.C10H9N3.C10H9N.C9H10N4.C8H10N2.C8H8N2.C8H7NO.C7H7N3.8CH4/c1-14-8-4-5-9-15-11-7-3-2-6-10(11)13-12(14)15;1-13-7-4-8-14-10-6-3-2-5-9(10)12-11(13)14;2*1-12-6-7-13-9-5-3-2-4-8(9)11-10(12)13;1-8-4-2-5-9-6-3-7-11-10(8)9;1-12-5-6-13-8-7(11-9(12)13)3-2-4-10-8;1-10-6-4-7-3-2-5-9-8(7)10;1-6-3-2-4-7-8(6)10-5-9-7;1-6-5-10-7-3-2-4-9-8(6)7;1-10-7-6(5-9-10)3-2-4-8-7;;;;;;;;/h2-3,6-7H,4-5,8-9H2,1H3;2-3,5-6H,4,7-8H2,1H3;2-5H,6-7H2,1H3;2-7H,1H3;2-7H,1H3;2-4H,5-6H2,1H3;2-3,5H,4,6H2,1H3;2-5H,1H3,(H,9,10);2*2-5H,1H3;8*1H4. The number of aromatic amines is 1. The van der Waals surface area contributed by atoms with Crippen LogP contribution in [0.25, 0.3) is 105 Å². The summed E-state index contributed by atoms with van der Waals surface area (Å²) in [6.07, 6.45) is 23.2. The molecule has 0 spiro atoms. The lowest BCUT2D eigenvalue weighted by Gasteiger charge is -2.24. The molecule has 14 aromatic heterocycles. The Kier molecular flexibility index (Phi) is 34.7. The number of aromatic nitrogens is 20. The van der Waals surface area contributed by atoms with Crippen LogP contribution in [0.1, 0.15) is 101 Å². The first kappa shape index (κ1) is 98.1. The highest BCUT2D eigenvalue weighted by molar-refractivity contribution is 5.84. The molecule has 5 aliphatic rings. The molecule has 0 saturated heterocycles. The maximum atomic E-state index is 5.19. The maximum absolute atomic E-state index is 5.19. The molecule has 0 fully saturated rings. The van der Waals surface area contributed by atoms with E-state index in [1.807, 2.05) is 154 Å². The number of nitrogens with one attached hydrogen (secondary N) is 1. The number of nitrogens with zero attached hydrogens (tertiary/aromatic N) is 24. The van der Waals surface area contributed by atoms with Crippen LogP contribution in [0.4, 0.5) is 29.6 Å². The second-order valence-electron chi connectivity index (χ2n) is 30.1. The molecular formula is C101H131N25O. The summed E-state index contributed by atoms with van der Waals surface area (Å²) in [7, 11) is 14.4. The van der Waals surface area contributed by atoms with Crippen molar-refractivity contribution in [2.24, 2.45) is 14.1 Å². The molecule has 0 aliphatic carbocycles. The normalized spacial score (nSPS) is 12.6. The van der Waals surface area contributed by atoms with E-state index in [1.54, 1.807) is 29.7 Å². The second-order valence-corrected chi connectivity index (χ2v) is 30.1. The monoisotopic (exact) mass is 1710 g/mol. The van der Waals surface area contributed by atoms with E-state index in [4.69, 9.17) is 4.42 Å². The van der Waals surface area contributed by atoms with Gasteiger partial charge in [0.25, 0.3) is 0 Å². The Balaban J connectivity index is 0.000000174. The van der Waals surface area contributed by atoms with Crippen molar-refractivity contribution in [1.29, 1.82) is 0 Å². The predicted octanol–water partition coefficient (Wildman–Crippen LogP) is 22.0. The van der Waals surface area contributed by atoms with Gasteiger partial charge in [-0.1, -0.05) is 150 Å². The van der Waals surface area contributed by atoms with Crippen LogP contribution in [0.3, 0.4) is 0 Å². The number of pyridine rings is 5. The Bertz CT molecular complexity index is 6640. The van der Waals surface area contributed by atoms with Crippen LogP contribution in [-0.4, -0.2) is 165 Å². The molecule has 0 saturated carbocycles. The van der Waals surface area contributed by atoms with Crippen LogP contribution in [0.5, 0.6) is 0 Å². The number of likely N-dealkylation sites (N-methyl/N-ethyl adjacent to an activating group) is 3. The van der Waals surface area contributed by atoms with Crippen molar-refractivity contribution in [3.05, 3.63) is 279 Å². The van der Waals surface area contributed by atoms with Crippen molar-refractivity contribution in [2.75, 3.05) is 92.5 Å². The second kappa shape index (κ2) is 44.9. The fourth-order valence-corrected chi connectivity index (χ4v) is 15.5. The van der Waals surface area contributed by atoms with Crippen LogP contribution >= 0.6 is 0 Å². The molecule has 6 aromatic carbocycles. The average Bonchev–Trinajstić information content (AvgIpc) is 1.63. The quantitative estimate of drug-likeness (QED) is 0.149. The molecule has 0 unspecified atom stereocenters. The van der Waals surface area contributed by atoms with Crippen molar-refractivity contribution in [2.45, 2.75) is 132 Å². The lowest BCUT2D eigenvalue weighted by Crippen LogP contribution is -2.28. The van der Waals surface area contributed by atoms with Crippen LogP contribution in [-0.2, 0) is 46.7 Å². The van der Waals surface area contributed by atoms with E-state index >= 15 is 0 Å². The SMILES string of the molecule is C.C.C.C.C.C.C.C.CN1CCCCn2c1nc1ccccc12.CN1CCCn2c1nc1ccccc12.CN1CCc2cccnc21.CN1CCn2c1nc1ccccc12.CN1CCn2c1nc1cccnc12.Cc1cccc2[nH]cnc12.Cc1cccc2cccnc12.Cc1coc2cccnc12.Cn1ccn2c3ccccc3nc12.Cn1ncc2cccnc21. The molecule has 5 aliphatic heterocycles. The molecule has 19 heterocycles. The average molecular weight is 1710 g/mol. The highest BCUT2D eigenvalue weighted by atomic mass is 16.3. The van der Waals surface area contributed by atoms with Crippen LogP contribution in [0, 0.1) is 20.8 Å². The smallest absolute Gasteiger partial charge is 0.214 e. The summed E-state index contributed by atoms with van der Waals surface area (Å²) < 4.78 is 20.1. The molecular weight excluding hydrogens is 1580 g/mol. The van der Waals surface area contributed by atoms with E-state index in [-0.39, 0.29) is 59.4 Å². The van der Waals surface area contributed by atoms with Gasteiger partial charge in [-0.3, -0.25) is 23.6 Å². The van der Waals surface area contributed by atoms with Gasteiger partial charge in [0.2, 0.25) is 29.6 Å². The van der Waals surface area contributed by atoms with Crippen molar-refractivity contribution in [1.82, 2.24) is 96.8 Å². The predicted molar refractivity (Wildman–Crippen MR) is 535 cm³/mol. The van der Waals surface area contributed by atoms with E-state index in [2.05, 4.69) is 264 Å². The largest absolute Gasteiger partial charge is 0.462 e. The van der Waals surface area contributed by atoms with Crippen LogP contribution in [0.2, 0.25) is 0 Å². The van der Waals surface area contributed by atoms with Crippen molar-refractivity contribution >= 4 is 135 Å². The minimum absolute atomic E-state index is 0. The van der Waals surface area contributed by atoms with Gasteiger partial charge in [-0.25, -0.2) is 44.9 Å².